The molecule has 2 aromatic rings. The van der Waals surface area contributed by atoms with Gasteiger partial charge in [-0.15, -0.1) is 0 Å². The van der Waals surface area contributed by atoms with Gasteiger partial charge in [-0.05, 0) is 30.6 Å². The summed E-state index contributed by atoms with van der Waals surface area (Å²) in [4.78, 5) is 49.8. The van der Waals surface area contributed by atoms with E-state index in [-0.39, 0.29) is 29.4 Å². The highest BCUT2D eigenvalue weighted by molar-refractivity contribution is 7.09. The van der Waals surface area contributed by atoms with E-state index in [0.717, 1.165) is 4.90 Å². The first-order valence-electron chi connectivity index (χ1n) is 9.50. The third-order valence-electron chi connectivity index (χ3n) is 4.28. The summed E-state index contributed by atoms with van der Waals surface area (Å²) < 4.78 is 19.6. The maximum absolute atomic E-state index is 13.3. The third kappa shape index (κ3) is 5.06. The molecule has 0 fully saturated rings. The molecule has 0 aliphatic carbocycles. The Bertz CT molecular complexity index is 1050. The van der Waals surface area contributed by atoms with Gasteiger partial charge in [-0.1, -0.05) is 0 Å². The Balaban J connectivity index is 1.89. The molecule has 2 heterocycles. The van der Waals surface area contributed by atoms with E-state index < -0.39 is 30.2 Å². The number of nitrogens with zero attached hydrogens (tertiary/aromatic N) is 2. The van der Waals surface area contributed by atoms with Gasteiger partial charge in [0.2, 0.25) is 5.91 Å². The quantitative estimate of drug-likeness (QED) is 0.452. The van der Waals surface area contributed by atoms with E-state index in [9.17, 15) is 19.2 Å². The first-order chi connectivity index (χ1) is 15.3. The maximum Gasteiger partial charge on any atom is 0.325 e. The Hall–Kier alpha value is -3.87. The fraction of sp³-hybridized carbons (Fsp3) is 0.316. The molecule has 13 heteroatoms. The van der Waals surface area contributed by atoms with Crippen LogP contribution in [0, 0.1) is 0 Å². The minimum absolute atomic E-state index is 0.0631. The summed E-state index contributed by atoms with van der Waals surface area (Å²) >= 11 is 0.688. The lowest BCUT2D eigenvalue weighted by Crippen LogP contribution is -2.42. The molecule has 170 valence electrons. The van der Waals surface area contributed by atoms with Gasteiger partial charge in [-0.3, -0.25) is 24.1 Å². The molecule has 1 aromatic carbocycles. The number of amides is 3. The number of benzene rings is 1. The van der Waals surface area contributed by atoms with Crippen LogP contribution < -0.4 is 31.2 Å². The van der Waals surface area contributed by atoms with Crippen molar-refractivity contribution < 1.29 is 33.4 Å². The Morgan fingerprint density at radius 1 is 1.22 bits per heavy atom. The lowest BCUT2D eigenvalue weighted by molar-refractivity contribution is -0.143. The summed E-state index contributed by atoms with van der Waals surface area (Å²) in [5, 5.41) is 2.39. The van der Waals surface area contributed by atoms with Gasteiger partial charge in [-0.2, -0.15) is 4.37 Å². The van der Waals surface area contributed by atoms with Gasteiger partial charge in [0.1, 0.15) is 31.2 Å². The molecule has 3 amide bonds. The zero-order valence-electron chi connectivity index (χ0n) is 17.1. The molecule has 0 radical (unpaired) electrons. The van der Waals surface area contributed by atoms with Crippen molar-refractivity contribution in [1.82, 2.24) is 9.69 Å². The molecule has 5 N–H and O–H groups in total. The number of primary amides is 1. The molecule has 0 atom stereocenters. The van der Waals surface area contributed by atoms with Gasteiger partial charge in [0.15, 0.2) is 17.2 Å². The molecule has 0 spiro atoms. The molecule has 3 rings (SSSR count). The van der Waals surface area contributed by atoms with Gasteiger partial charge < -0.3 is 31.0 Å². The second-order valence-corrected chi connectivity index (χ2v) is 7.21. The van der Waals surface area contributed by atoms with E-state index in [4.69, 9.17) is 25.7 Å². The molecule has 0 saturated carbocycles. The van der Waals surface area contributed by atoms with Crippen LogP contribution >= 0.6 is 11.5 Å². The largest absolute Gasteiger partial charge is 0.486 e. The summed E-state index contributed by atoms with van der Waals surface area (Å²) in [6.07, 6.45) is 0. The number of rotatable bonds is 8. The van der Waals surface area contributed by atoms with Crippen LogP contribution in [0.1, 0.15) is 27.1 Å². The maximum atomic E-state index is 13.3. The summed E-state index contributed by atoms with van der Waals surface area (Å²) in [7, 11) is 0. The number of hydrogen-bond acceptors (Lipinski definition) is 10. The van der Waals surface area contributed by atoms with Crippen LogP contribution in [0.2, 0.25) is 0 Å². The monoisotopic (exact) mass is 463 g/mol. The first-order valence-corrected chi connectivity index (χ1v) is 10.3. The number of nitrogen functional groups attached to an aromatic ring is 1. The van der Waals surface area contributed by atoms with Crippen molar-refractivity contribution in [3.8, 4) is 11.5 Å². The van der Waals surface area contributed by atoms with Gasteiger partial charge in [-0.25, -0.2) is 0 Å². The molecular weight excluding hydrogens is 442 g/mol. The Labute approximate surface area is 186 Å². The fourth-order valence-corrected chi connectivity index (χ4v) is 3.57. The van der Waals surface area contributed by atoms with E-state index in [1.54, 1.807) is 19.1 Å². The molecular formula is C19H21N5O7S. The number of aromatic nitrogens is 1. The molecule has 12 nitrogen and oxygen atoms in total. The molecule has 0 unspecified atom stereocenters. The highest BCUT2D eigenvalue weighted by atomic mass is 32.1. The summed E-state index contributed by atoms with van der Waals surface area (Å²) in [6, 6.07) is 4.71. The number of carbonyl (C=O) groups excluding carboxylic acids is 4. The molecule has 1 aromatic heterocycles. The van der Waals surface area contributed by atoms with Crippen LogP contribution in [0.5, 0.6) is 11.5 Å². The number of esters is 1. The van der Waals surface area contributed by atoms with Gasteiger partial charge in [0, 0.05) is 11.8 Å². The number of nitrogens with two attached hydrogens (primary N) is 2. The molecule has 1 aliphatic heterocycles. The molecule has 0 bridgehead atoms. The number of anilines is 2. The third-order valence-corrected chi connectivity index (χ3v) is 5.13. The second-order valence-electron chi connectivity index (χ2n) is 6.44. The molecule has 32 heavy (non-hydrogen) atoms. The predicted molar refractivity (Wildman–Crippen MR) is 114 cm³/mol. The average Bonchev–Trinajstić information content (AvgIpc) is 3.17. The number of hydrogen-bond donors (Lipinski definition) is 3. The number of fused-ring (bicyclic) bond motifs is 1. The van der Waals surface area contributed by atoms with Crippen molar-refractivity contribution in [2.75, 3.05) is 43.5 Å². The highest BCUT2D eigenvalue weighted by Gasteiger charge is 2.28. The van der Waals surface area contributed by atoms with Gasteiger partial charge in [0.05, 0.1) is 12.3 Å². The van der Waals surface area contributed by atoms with Crippen LogP contribution in [-0.2, 0) is 14.3 Å². The lowest BCUT2D eigenvalue weighted by Gasteiger charge is -2.24. The minimum Gasteiger partial charge on any atom is -0.486 e. The van der Waals surface area contributed by atoms with Crippen molar-refractivity contribution in [3.05, 3.63) is 28.8 Å². The topological polar surface area (TPSA) is 176 Å². The number of carbonyl (C=O) groups is 4. The minimum atomic E-state index is -0.879. The van der Waals surface area contributed by atoms with E-state index in [0.29, 0.717) is 41.9 Å². The highest BCUT2D eigenvalue weighted by Crippen LogP contribution is 2.35. The van der Waals surface area contributed by atoms with E-state index >= 15 is 0 Å². The second kappa shape index (κ2) is 9.96. The zero-order valence-corrected chi connectivity index (χ0v) is 17.9. The van der Waals surface area contributed by atoms with Crippen molar-refractivity contribution in [1.29, 1.82) is 0 Å². The van der Waals surface area contributed by atoms with Gasteiger partial charge >= 0.3 is 5.97 Å². The van der Waals surface area contributed by atoms with E-state index in [1.807, 2.05) is 0 Å². The van der Waals surface area contributed by atoms with Crippen molar-refractivity contribution in [2.45, 2.75) is 6.92 Å². The smallest absolute Gasteiger partial charge is 0.325 e. The standard InChI is InChI=1S/C19H21N5O7S/c1-2-29-14(26)8-22-13(25)9-24(10-3-4-11-12(7-10)31-6-5-30-11)19(28)17-15(20)16(18(21)27)23-32-17/h3-4,7H,2,5-6,8-9,20H2,1H3,(H2,21,27)(H,22,25). The first kappa shape index (κ1) is 22.8. The summed E-state index contributed by atoms with van der Waals surface area (Å²) in [5.41, 5.74) is 11.0. The molecule has 1 aliphatic rings. The average molecular weight is 463 g/mol. The predicted octanol–water partition coefficient (Wildman–Crippen LogP) is -0.0785. The zero-order chi connectivity index (χ0) is 23.3. The van der Waals surface area contributed by atoms with Crippen LogP contribution in [0.3, 0.4) is 0 Å². The van der Waals surface area contributed by atoms with Crippen LogP contribution in [-0.4, -0.2) is 61.0 Å². The van der Waals surface area contributed by atoms with E-state index in [2.05, 4.69) is 9.69 Å². The van der Waals surface area contributed by atoms with Crippen LogP contribution in [0.15, 0.2) is 18.2 Å². The van der Waals surface area contributed by atoms with Crippen LogP contribution in [0.4, 0.5) is 11.4 Å². The SMILES string of the molecule is CCOC(=O)CNC(=O)CN(C(=O)c1snc(C(N)=O)c1N)c1ccc2c(c1)OCCO2. The Morgan fingerprint density at radius 2 is 1.94 bits per heavy atom. The Morgan fingerprint density at radius 3 is 2.59 bits per heavy atom. The van der Waals surface area contributed by atoms with Crippen molar-refractivity contribution in [2.24, 2.45) is 5.73 Å². The Kier molecular flexibility index (Phi) is 7.10. The summed E-state index contributed by atoms with van der Waals surface area (Å²) in [5.74, 6) is -1.91. The fourth-order valence-electron chi connectivity index (χ4n) is 2.81. The normalized spacial score (nSPS) is 12.0. The van der Waals surface area contributed by atoms with Crippen molar-refractivity contribution in [3.63, 3.8) is 0 Å². The van der Waals surface area contributed by atoms with E-state index in [1.165, 1.54) is 6.07 Å². The van der Waals surface area contributed by atoms with Crippen molar-refractivity contribution >= 4 is 46.6 Å². The number of ether oxygens (including phenoxy) is 3. The summed E-state index contributed by atoms with van der Waals surface area (Å²) in [6.45, 7) is 1.71. The molecule has 0 saturated heterocycles. The van der Waals surface area contributed by atoms with Crippen LogP contribution in [0.25, 0.3) is 0 Å². The lowest BCUT2D eigenvalue weighted by atomic mass is 10.2. The number of nitrogens with one attached hydrogen (secondary N) is 1. The van der Waals surface area contributed by atoms with Gasteiger partial charge in [0.25, 0.3) is 11.8 Å².